The molecule has 5 atom stereocenters. The second-order valence-electron chi connectivity index (χ2n) is 10.2. The van der Waals surface area contributed by atoms with E-state index in [0.717, 1.165) is 18.4 Å². The first-order valence-electron chi connectivity index (χ1n) is 9.31. The molecule has 2 nitrogen and oxygen atoms in total. The Bertz CT molecular complexity index is 435. The first kappa shape index (κ1) is 17.0. The maximum atomic E-state index is 6.90. The third-order valence-electron chi connectivity index (χ3n) is 7.65. The van der Waals surface area contributed by atoms with Gasteiger partial charge in [0, 0.05) is 6.10 Å². The Hall–Kier alpha value is 0.137. The van der Waals surface area contributed by atoms with E-state index in [2.05, 4.69) is 47.7 Å². The molecule has 0 N–H and O–H groups in total. The molecule has 3 rings (SSSR count). The van der Waals surface area contributed by atoms with Gasteiger partial charge in [0.25, 0.3) is 0 Å². The number of fused-ring (bicyclic) bond motifs is 1. The Morgan fingerprint density at radius 1 is 1.09 bits per heavy atom. The second kappa shape index (κ2) is 5.06. The van der Waals surface area contributed by atoms with Crippen LogP contribution in [-0.2, 0) is 9.16 Å². The summed E-state index contributed by atoms with van der Waals surface area (Å²) in [7, 11) is -1.67. The fraction of sp³-hybridized carbons (Fsp3) is 1.00. The zero-order valence-electron chi connectivity index (χ0n) is 15.8. The van der Waals surface area contributed by atoms with E-state index < -0.39 is 8.32 Å². The summed E-state index contributed by atoms with van der Waals surface area (Å²) in [5, 5.41) is 0.310. The summed E-state index contributed by atoms with van der Waals surface area (Å²) in [6.07, 6.45) is 7.16. The predicted octanol–water partition coefficient (Wildman–Crippen LogP) is 5.38. The van der Waals surface area contributed by atoms with Gasteiger partial charge in [-0.25, -0.2) is 0 Å². The van der Waals surface area contributed by atoms with Crippen LogP contribution in [0.3, 0.4) is 0 Å². The topological polar surface area (TPSA) is 21.8 Å². The molecule has 0 radical (unpaired) electrons. The molecule has 0 aromatic carbocycles. The highest BCUT2D eigenvalue weighted by molar-refractivity contribution is 6.74. The maximum absolute atomic E-state index is 6.90. The van der Waals surface area contributed by atoms with Crippen molar-refractivity contribution < 1.29 is 9.16 Å². The molecule has 0 spiro atoms. The Labute approximate surface area is 138 Å². The van der Waals surface area contributed by atoms with Gasteiger partial charge >= 0.3 is 0 Å². The van der Waals surface area contributed by atoms with Gasteiger partial charge in [-0.2, -0.15) is 0 Å². The molecule has 128 valence electrons. The average molecular weight is 325 g/mol. The smallest absolute Gasteiger partial charge is 0.192 e. The van der Waals surface area contributed by atoms with Crippen LogP contribution in [0.2, 0.25) is 18.1 Å². The Morgan fingerprint density at radius 2 is 1.73 bits per heavy atom. The molecule has 0 amide bonds. The lowest BCUT2D eigenvalue weighted by Crippen LogP contribution is -2.50. The van der Waals surface area contributed by atoms with Crippen LogP contribution in [0.4, 0.5) is 0 Å². The van der Waals surface area contributed by atoms with Crippen molar-refractivity contribution in [2.24, 2.45) is 17.3 Å². The SMILES string of the molecule is CC1([C@H]2CCC3C(O[Si](C)(C)C(C)(C)C)CCCC32C)CO1. The largest absolute Gasteiger partial charge is 0.414 e. The molecule has 4 unspecified atom stereocenters. The van der Waals surface area contributed by atoms with Crippen LogP contribution in [0, 0.1) is 17.3 Å². The highest BCUT2D eigenvalue weighted by Crippen LogP contribution is 2.62. The second-order valence-corrected chi connectivity index (χ2v) is 14.9. The molecule has 0 aromatic heterocycles. The maximum Gasteiger partial charge on any atom is 0.192 e. The van der Waals surface area contributed by atoms with E-state index in [4.69, 9.17) is 9.16 Å². The van der Waals surface area contributed by atoms with E-state index in [1.165, 1.54) is 32.1 Å². The third kappa shape index (κ3) is 2.61. The van der Waals surface area contributed by atoms with Crippen molar-refractivity contribution in [3.63, 3.8) is 0 Å². The molecule has 2 saturated carbocycles. The van der Waals surface area contributed by atoms with Crippen molar-refractivity contribution in [3.05, 3.63) is 0 Å². The molecule has 3 aliphatic rings. The zero-order chi connectivity index (χ0) is 16.4. The van der Waals surface area contributed by atoms with E-state index in [1.807, 2.05) is 0 Å². The molecular weight excluding hydrogens is 288 g/mol. The van der Waals surface area contributed by atoms with Gasteiger partial charge in [0.1, 0.15) is 0 Å². The van der Waals surface area contributed by atoms with Crippen molar-refractivity contribution in [3.8, 4) is 0 Å². The van der Waals surface area contributed by atoms with E-state index in [0.29, 0.717) is 16.6 Å². The summed E-state index contributed by atoms with van der Waals surface area (Å²) >= 11 is 0. The van der Waals surface area contributed by atoms with Crippen LogP contribution in [0.5, 0.6) is 0 Å². The van der Waals surface area contributed by atoms with Crippen LogP contribution in [0.1, 0.15) is 66.7 Å². The fourth-order valence-electron chi connectivity index (χ4n) is 5.13. The first-order valence-corrected chi connectivity index (χ1v) is 12.2. The van der Waals surface area contributed by atoms with E-state index in [1.54, 1.807) is 0 Å². The minimum Gasteiger partial charge on any atom is -0.414 e. The molecule has 0 bridgehead atoms. The van der Waals surface area contributed by atoms with Gasteiger partial charge in [-0.05, 0) is 68.0 Å². The molecule has 22 heavy (non-hydrogen) atoms. The van der Waals surface area contributed by atoms with E-state index in [9.17, 15) is 0 Å². The van der Waals surface area contributed by atoms with Gasteiger partial charge in [-0.15, -0.1) is 0 Å². The predicted molar refractivity (Wildman–Crippen MR) is 94.6 cm³/mol. The van der Waals surface area contributed by atoms with Crippen molar-refractivity contribution in [1.82, 2.24) is 0 Å². The van der Waals surface area contributed by atoms with Crippen LogP contribution in [0.15, 0.2) is 0 Å². The summed E-state index contributed by atoms with van der Waals surface area (Å²) < 4.78 is 12.8. The minimum atomic E-state index is -1.67. The molecule has 1 heterocycles. The van der Waals surface area contributed by atoms with Crippen molar-refractivity contribution >= 4 is 8.32 Å². The zero-order valence-corrected chi connectivity index (χ0v) is 16.8. The normalized spacial score (nSPS) is 45.7. The lowest BCUT2D eigenvalue weighted by atomic mass is 9.62. The summed E-state index contributed by atoms with van der Waals surface area (Å²) in [4.78, 5) is 0. The standard InChI is InChI=1S/C19H36O2Si/c1-17(2,3)22(6,7)21-15-9-8-12-18(4)14(15)10-11-16(18)19(5)13-20-19/h14-16H,8-13H2,1-7H3/t14?,15?,16-,18?,19?/m0/s1. The quantitative estimate of drug-likeness (QED) is 0.513. The Balaban J connectivity index is 1.78. The van der Waals surface area contributed by atoms with E-state index in [-0.39, 0.29) is 5.60 Å². The van der Waals surface area contributed by atoms with Crippen molar-refractivity contribution in [2.45, 2.75) is 96.6 Å². The lowest BCUT2D eigenvalue weighted by Gasteiger charge is -2.49. The average Bonchev–Trinajstić information content (AvgIpc) is 2.98. The number of epoxide rings is 1. The van der Waals surface area contributed by atoms with Crippen LogP contribution >= 0.6 is 0 Å². The number of hydrogen-bond donors (Lipinski definition) is 0. The molecule has 3 fully saturated rings. The highest BCUT2D eigenvalue weighted by Gasteiger charge is 2.62. The Kier molecular flexibility index (Phi) is 3.91. The molecule has 1 aliphatic heterocycles. The van der Waals surface area contributed by atoms with Crippen molar-refractivity contribution in [1.29, 1.82) is 0 Å². The van der Waals surface area contributed by atoms with Gasteiger partial charge in [0.15, 0.2) is 8.32 Å². The van der Waals surface area contributed by atoms with Gasteiger partial charge in [-0.3, -0.25) is 0 Å². The molecular formula is C19H36O2Si. The number of ether oxygens (including phenoxy) is 1. The lowest BCUT2D eigenvalue weighted by molar-refractivity contribution is -0.0251. The van der Waals surface area contributed by atoms with Gasteiger partial charge in [0.2, 0.25) is 0 Å². The number of rotatable bonds is 3. The monoisotopic (exact) mass is 324 g/mol. The van der Waals surface area contributed by atoms with Gasteiger partial charge in [0.05, 0.1) is 12.2 Å². The number of hydrogen-bond acceptors (Lipinski definition) is 2. The van der Waals surface area contributed by atoms with Crippen molar-refractivity contribution in [2.75, 3.05) is 6.61 Å². The fourth-order valence-corrected chi connectivity index (χ4v) is 6.53. The molecule has 3 heteroatoms. The summed E-state index contributed by atoms with van der Waals surface area (Å²) in [6, 6.07) is 0. The highest BCUT2D eigenvalue weighted by atomic mass is 28.4. The van der Waals surface area contributed by atoms with Gasteiger partial charge in [-0.1, -0.05) is 34.1 Å². The summed E-state index contributed by atoms with van der Waals surface area (Å²) in [6.45, 7) is 17.8. The van der Waals surface area contributed by atoms with Crippen LogP contribution < -0.4 is 0 Å². The van der Waals surface area contributed by atoms with Gasteiger partial charge < -0.3 is 9.16 Å². The van der Waals surface area contributed by atoms with E-state index >= 15 is 0 Å². The first-order chi connectivity index (χ1) is 10.00. The summed E-state index contributed by atoms with van der Waals surface area (Å²) in [5.74, 6) is 1.50. The van der Waals surface area contributed by atoms with Crippen LogP contribution in [0.25, 0.3) is 0 Å². The minimum absolute atomic E-state index is 0.183. The summed E-state index contributed by atoms with van der Waals surface area (Å²) in [5.41, 5.74) is 0.624. The Morgan fingerprint density at radius 3 is 2.27 bits per heavy atom. The van der Waals surface area contributed by atoms with Crippen LogP contribution in [-0.4, -0.2) is 26.6 Å². The molecule has 0 aromatic rings. The molecule has 1 saturated heterocycles. The third-order valence-corrected chi connectivity index (χ3v) is 12.2. The molecule has 2 aliphatic carbocycles.